The molecular formula is C34H26N4O4S. The molecular weight excluding hydrogens is 560 g/mol. The molecule has 43 heavy (non-hydrogen) atoms. The average molecular weight is 587 g/mol. The van der Waals surface area contributed by atoms with E-state index in [0.717, 1.165) is 11.1 Å². The number of benzene rings is 4. The molecule has 1 aliphatic heterocycles. The van der Waals surface area contributed by atoms with Crippen molar-refractivity contribution in [3.05, 3.63) is 151 Å². The summed E-state index contributed by atoms with van der Waals surface area (Å²) < 4.78 is 7.36. The number of azo groups is 1. The third-order valence-electron chi connectivity index (χ3n) is 6.82. The second-order valence-corrected chi connectivity index (χ2v) is 10.6. The Labute approximate surface area is 250 Å². The van der Waals surface area contributed by atoms with E-state index in [2.05, 4.69) is 10.2 Å². The maximum atomic E-state index is 14.1. The minimum absolute atomic E-state index is 0.0127. The van der Waals surface area contributed by atoms with Crippen LogP contribution in [0.15, 0.2) is 135 Å². The van der Waals surface area contributed by atoms with E-state index < -0.39 is 12.0 Å². The van der Waals surface area contributed by atoms with Crippen molar-refractivity contribution in [1.29, 1.82) is 0 Å². The van der Waals surface area contributed by atoms with E-state index in [1.165, 1.54) is 22.0 Å². The molecule has 0 aliphatic carbocycles. The number of ether oxygens (including phenoxy) is 1. The molecule has 1 aromatic heterocycles. The molecule has 0 radical (unpaired) electrons. The summed E-state index contributed by atoms with van der Waals surface area (Å²) in [6.07, 6.45) is 1.61. The van der Waals surface area contributed by atoms with Gasteiger partial charge in [-0.2, -0.15) is 10.2 Å². The van der Waals surface area contributed by atoms with E-state index in [0.29, 0.717) is 32.0 Å². The maximum Gasteiger partial charge on any atom is 0.338 e. The lowest BCUT2D eigenvalue weighted by molar-refractivity contribution is -0.138. The first kappa shape index (κ1) is 27.7. The van der Waals surface area contributed by atoms with Gasteiger partial charge in [-0.3, -0.25) is 9.36 Å². The van der Waals surface area contributed by atoms with Crippen LogP contribution in [0.1, 0.15) is 29.7 Å². The first-order chi connectivity index (χ1) is 21.0. The average Bonchev–Trinajstić information content (AvgIpc) is 3.36. The molecule has 1 N–H and O–H groups in total. The summed E-state index contributed by atoms with van der Waals surface area (Å²) in [6.45, 7) is 1.92. The lowest BCUT2D eigenvalue weighted by Gasteiger charge is -2.25. The SMILES string of the molecule is CCOC(=O)C1=C(c2ccccc2)N=c2s/c(=C\c3cc(N=Nc4ccccc4)ccc3O)c(=O)n2[C@H]1c1ccccc1. The van der Waals surface area contributed by atoms with Crippen molar-refractivity contribution in [2.75, 3.05) is 6.61 Å². The van der Waals surface area contributed by atoms with Gasteiger partial charge in [0.15, 0.2) is 4.80 Å². The molecule has 9 heteroatoms. The van der Waals surface area contributed by atoms with Gasteiger partial charge in [0.25, 0.3) is 5.56 Å². The molecule has 0 amide bonds. The van der Waals surface area contributed by atoms with Gasteiger partial charge in [-0.1, -0.05) is 90.2 Å². The summed E-state index contributed by atoms with van der Waals surface area (Å²) in [6, 6.07) is 32.1. The fourth-order valence-electron chi connectivity index (χ4n) is 4.86. The van der Waals surface area contributed by atoms with Crippen molar-refractivity contribution in [3.8, 4) is 5.75 Å². The van der Waals surface area contributed by atoms with Gasteiger partial charge < -0.3 is 9.84 Å². The number of aromatic hydroxyl groups is 1. The summed E-state index contributed by atoms with van der Waals surface area (Å²) in [5.74, 6) is -0.552. The first-order valence-corrected chi connectivity index (χ1v) is 14.5. The van der Waals surface area contributed by atoms with Crippen molar-refractivity contribution in [1.82, 2.24) is 4.57 Å². The quantitative estimate of drug-likeness (QED) is 0.185. The van der Waals surface area contributed by atoms with E-state index in [1.54, 1.807) is 25.1 Å². The van der Waals surface area contributed by atoms with Crippen molar-refractivity contribution in [3.63, 3.8) is 0 Å². The largest absolute Gasteiger partial charge is 0.507 e. The summed E-state index contributed by atoms with van der Waals surface area (Å²) in [5.41, 5.74) is 3.47. The van der Waals surface area contributed by atoms with Crippen LogP contribution < -0.4 is 14.9 Å². The monoisotopic (exact) mass is 586 g/mol. The Kier molecular flexibility index (Phi) is 7.88. The van der Waals surface area contributed by atoms with E-state index in [1.807, 2.05) is 91.0 Å². The van der Waals surface area contributed by atoms with Crippen LogP contribution >= 0.6 is 11.3 Å². The molecule has 0 bridgehead atoms. The highest BCUT2D eigenvalue weighted by Gasteiger charge is 2.35. The molecule has 0 unspecified atom stereocenters. The number of aromatic nitrogens is 1. The van der Waals surface area contributed by atoms with Crippen LogP contribution in [0.3, 0.4) is 0 Å². The number of hydrogen-bond donors (Lipinski definition) is 1. The molecule has 1 atom stereocenters. The van der Waals surface area contributed by atoms with Crippen LogP contribution in [0.25, 0.3) is 11.8 Å². The highest BCUT2D eigenvalue weighted by atomic mass is 32.1. The Bertz CT molecular complexity index is 2030. The number of phenolic OH excluding ortho intramolecular Hbond substituents is 1. The van der Waals surface area contributed by atoms with E-state index in [9.17, 15) is 14.7 Å². The van der Waals surface area contributed by atoms with Gasteiger partial charge in [0, 0.05) is 11.1 Å². The Morgan fingerprint density at radius 3 is 2.28 bits per heavy atom. The van der Waals surface area contributed by atoms with Gasteiger partial charge in [-0.25, -0.2) is 9.79 Å². The number of nitrogens with zero attached hydrogens (tertiary/aromatic N) is 4. The lowest BCUT2D eigenvalue weighted by Crippen LogP contribution is -2.39. The van der Waals surface area contributed by atoms with Crippen molar-refractivity contribution < 1.29 is 14.6 Å². The summed E-state index contributed by atoms with van der Waals surface area (Å²) in [5, 5.41) is 19.2. The molecule has 2 heterocycles. The smallest absolute Gasteiger partial charge is 0.338 e. The zero-order valence-corrected chi connectivity index (χ0v) is 23.9. The van der Waals surface area contributed by atoms with Crippen LogP contribution in [-0.2, 0) is 9.53 Å². The van der Waals surface area contributed by atoms with Gasteiger partial charge in [0.2, 0.25) is 0 Å². The number of hydrogen-bond acceptors (Lipinski definition) is 8. The zero-order chi connectivity index (χ0) is 29.8. The second-order valence-electron chi connectivity index (χ2n) is 9.62. The molecule has 1 aliphatic rings. The molecule has 8 nitrogen and oxygen atoms in total. The van der Waals surface area contributed by atoms with Crippen molar-refractivity contribution >= 4 is 40.5 Å². The number of fused-ring (bicyclic) bond motifs is 1. The number of phenols is 1. The van der Waals surface area contributed by atoms with Gasteiger partial charge >= 0.3 is 5.97 Å². The minimum Gasteiger partial charge on any atom is -0.507 e. The molecule has 0 fully saturated rings. The van der Waals surface area contributed by atoms with Crippen molar-refractivity contribution in [2.45, 2.75) is 13.0 Å². The van der Waals surface area contributed by atoms with Gasteiger partial charge in [0.05, 0.1) is 39.8 Å². The summed E-state index contributed by atoms with van der Waals surface area (Å²) in [7, 11) is 0. The summed E-state index contributed by atoms with van der Waals surface area (Å²) >= 11 is 1.18. The highest BCUT2D eigenvalue weighted by molar-refractivity contribution is 7.07. The molecule has 0 saturated heterocycles. The lowest BCUT2D eigenvalue weighted by atomic mass is 9.93. The number of esters is 1. The van der Waals surface area contributed by atoms with Crippen LogP contribution in [0.4, 0.5) is 11.4 Å². The third-order valence-corrected chi connectivity index (χ3v) is 7.81. The Morgan fingerprint density at radius 2 is 1.58 bits per heavy atom. The standard InChI is InChI=1S/C34H26N4O4S/c1-2-42-33(41)29-30(22-12-6-3-7-13-22)35-34-38(31(29)23-14-8-4-9-15-23)32(40)28(43-34)21-24-20-26(18-19-27(24)39)37-36-25-16-10-5-11-17-25/h3-21,31,39H,2H2,1H3/b28-21-,37-36?/t31-/m0/s1. The van der Waals surface area contributed by atoms with Crippen LogP contribution in [0, 0.1) is 0 Å². The maximum absolute atomic E-state index is 14.1. The summed E-state index contributed by atoms with van der Waals surface area (Å²) in [4.78, 5) is 32.9. The first-order valence-electron chi connectivity index (χ1n) is 13.7. The minimum atomic E-state index is -0.770. The van der Waals surface area contributed by atoms with Gasteiger partial charge in [-0.05, 0) is 48.9 Å². The fraction of sp³-hybridized carbons (Fsp3) is 0.0882. The van der Waals surface area contributed by atoms with E-state index in [-0.39, 0.29) is 23.5 Å². The molecule has 0 spiro atoms. The Hall–Kier alpha value is -5.41. The Morgan fingerprint density at radius 1 is 0.930 bits per heavy atom. The molecule has 0 saturated carbocycles. The van der Waals surface area contributed by atoms with E-state index in [4.69, 9.17) is 9.73 Å². The number of rotatable bonds is 7. The number of carbonyl (C=O) groups excluding carboxylic acids is 1. The van der Waals surface area contributed by atoms with Gasteiger partial charge in [-0.15, -0.1) is 0 Å². The molecule has 6 rings (SSSR count). The molecule has 212 valence electrons. The van der Waals surface area contributed by atoms with Crippen molar-refractivity contribution in [2.24, 2.45) is 15.2 Å². The fourth-order valence-corrected chi connectivity index (χ4v) is 5.85. The highest BCUT2D eigenvalue weighted by Crippen LogP contribution is 2.35. The third kappa shape index (κ3) is 5.71. The van der Waals surface area contributed by atoms with E-state index >= 15 is 0 Å². The second kappa shape index (κ2) is 12.2. The Balaban J connectivity index is 1.54. The zero-order valence-electron chi connectivity index (χ0n) is 23.1. The predicted octanol–water partition coefficient (Wildman–Crippen LogP) is 6.06. The van der Waals surface area contributed by atoms with Gasteiger partial charge in [0.1, 0.15) is 5.75 Å². The molecule has 5 aromatic rings. The number of carbonyl (C=O) groups is 1. The van der Waals surface area contributed by atoms with Crippen LogP contribution in [0.5, 0.6) is 5.75 Å². The molecule has 4 aromatic carbocycles. The normalized spacial score (nSPS) is 14.9. The predicted molar refractivity (Wildman–Crippen MR) is 166 cm³/mol. The topological polar surface area (TPSA) is 106 Å². The van der Waals surface area contributed by atoms with Crippen LogP contribution in [0.2, 0.25) is 0 Å². The number of thiazole rings is 1. The van der Waals surface area contributed by atoms with Crippen LogP contribution in [-0.4, -0.2) is 22.2 Å².